The first-order chi connectivity index (χ1) is 13.9. The van der Waals surface area contributed by atoms with Gasteiger partial charge in [0.05, 0.1) is 12.1 Å². The lowest BCUT2D eigenvalue weighted by molar-refractivity contribution is -0.137. The van der Waals surface area contributed by atoms with E-state index in [1.165, 1.54) is 12.1 Å². The maximum atomic E-state index is 12.8. The van der Waals surface area contributed by atoms with Gasteiger partial charge in [-0.2, -0.15) is 13.2 Å². The van der Waals surface area contributed by atoms with Gasteiger partial charge in [-0.3, -0.25) is 4.90 Å². The Bertz CT molecular complexity index is 979. The number of hydrogen-bond donors (Lipinski definition) is 1. The topological polar surface area (TPSA) is 58.5 Å². The molecule has 0 bridgehead atoms. The Balaban J connectivity index is 1.58. The van der Waals surface area contributed by atoms with Crippen LogP contribution < -0.4 is 4.74 Å². The van der Waals surface area contributed by atoms with Gasteiger partial charge in [0.2, 0.25) is 0 Å². The maximum absolute atomic E-state index is 12.8. The Kier molecular flexibility index (Phi) is 5.21. The molecule has 2 aromatic carbocycles. The Morgan fingerprint density at radius 2 is 1.72 bits per heavy atom. The number of hydrogen-bond acceptors (Lipinski definition) is 5. The van der Waals surface area contributed by atoms with Crippen LogP contribution in [0.2, 0.25) is 0 Å². The van der Waals surface area contributed by atoms with Gasteiger partial charge >= 0.3 is 6.18 Å². The second kappa shape index (κ2) is 7.81. The fourth-order valence-corrected chi connectivity index (χ4v) is 3.25. The SMILES string of the molecule is OC1c2ccc(-c3ccc(C(F)(F)F)cc3)cc2OCCN1Cc1ncccn1. The molecule has 0 aliphatic carbocycles. The van der Waals surface area contributed by atoms with E-state index in [-0.39, 0.29) is 0 Å². The first kappa shape index (κ1) is 19.4. The zero-order valence-corrected chi connectivity index (χ0v) is 15.3. The summed E-state index contributed by atoms with van der Waals surface area (Å²) in [6.07, 6.45) is -1.98. The highest BCUT2D eigenvalue weighted by Crippen LogP contribution is 2.36. The van der Waals surface area contributed by atoms with Gasteiger partial charge < -0.3 is 9.84 Å². The van der Waals surface area contributed by atoms with Crippen LogP contribution in [-0.4, -0.2) is 33.1 Å². The van der Waals surface area contributed by atoms with E-state index in [0.717, 1.165) is 12.1 Å². The normalized spacial score (nSPS) is 17.3. The zero-order chi connectivity index (χ0) is 20.4. The molecule has 1 aliphatic rings. The highest BCUT2D eigenvalue weighted by molar-refractivity contribution is 5.66. The van der Waals surface area contributed by atoms with Crippen LogP contribution in [0.3, 0.4) is 0 Å². The lowest BCUT2D eigenvalue weighted by Crippen LogP contribution is -2.30. The number of alkyl halides is 3. The lowest BCUT2D eigenvalue weighted by Gasteiger charge is -2.24. The number of nitrogens with zero attached hydrogens (tertiary/aromatic N) is 3. The van der Waals surface area contributed by atoms with Crippen molar-refractivity contribution in [2.45, 2.75) is 18.9 Å². The molecule has 1 aliphatic heterocycles. The third-order valence-corrected chi connectivity index (χ3v) is 4.78. The third-order valence-electron chi connectivity index (χ3n) is 4.78. The quantitative estimate of drug-likeness (QED) is 0.718. The number of aliphatic hydroxyl groups is 1. The first-order valence-electron chi connectivity index (χ1n) is 9.04. The second-order valence-corrected chi connectivity index (χ2v) is 6.69. The van der Waals surface area contributed by atoms with E-state index < -0.39 is 18.0 Å². The summed E-state index contributed by atoms with van der Waals surface area (Å²) < 4.78 is 44.1. The van der Waals surface area contributed by atoms with Gasteiger partial charge in [-0.1, -0.05) is 24.3 Å². The summed E-state index contributed by atoms with van der Waals surface area (Å²) in [5.41, 5.74) is 1.25. The highest BCUT2D eigenvalue weighted by atomic mass is 19.4. The molecule has 8 heteroatoms. The van der Waals surface area contributed by atoms with Crippen LogP contribution in [0.15, 0.2) is 60.9 Å². The molecule has 0 amide bonds. The van der Waals surface area contributed by atoms with Crippen LogP contribution >= 0.6 is 0 Å². The lowest BCUT2D eigenvalue weighted by atomic mass is 10.0. The van der Waals surface area contributed by atoms with Gasteiger partial charge in [0.1, 0.15) is 24.4 Å². The van der Waals surface area contributed by atoms with Crippen LogP contribution in [-0.2, 0) is 12.7 Å². The molecule has 0 saturated heterocycles. The first-order valence-corrected chi connectivity index (χ1v) is 9.04. The van der Waals surface area contributed by atoms with Gasteiger partial charge in [-0.05, 0) is 35.4 Å². The van der Waals surface area contributed by atoms with Crippen LogP contribution in [0, 0.1) is 0 Å². The van der Waals surface area contributed by atoms with Crippen LogP contribution in [0.4, 0.5) is 13.2 Å². The van der Waals surface area contributed by atoms with Crippen molar-refractivity contribution >= 4 is 0 Å². The molecule has 0 fully saturated rings. The molecule has 4 rings (SSSR count). The number of aliphatic hydroxyl groups excluding tert-OH is 1. The minimum absolute atomic E-state index is 0.355. The standard InChI is InChI=1S/C21H18F3N3O2/c22-21(23,24)16-5-2-14(3-6-16)15-4-7-17-18(12-15)29-11-10-27(20(17)28)13-19-25-8-1-9-26-19/h1-9,12,20,28H,10-11,13H2. The summed E-state index contributed by atoms with van der Waals surface area (Å²) in [4.78, 5) is 10.2. The summed E-state index contributed by atoms with van der Waals surface area (Å²) in [5.74, 6) is 1.10. The number of benzene rings is 2. The number of ether oxygens (including phenoxy) is 1. The molecule has 3 aromatic rings. The van der Waals surface area contributed by atoms with Gasteiger partial charge in [0.25, 0.3) is 0 Å². The van der Waals surface area contributed by atoms with E-state index in [1.807, 2.05) is 0 Å². The summed E-state index contributed by atoms with van der Waals surface area (Å²) in [6.45, 7) is 1.20. The minimum Gasteiger partial charge on any atom is -0.492 e. The number of rotatable bonds is 3. The Morgan fingerprint density at radius 3 is 2.41 bits per heavy atom. The molecule has 0 saturated carbocycles. The van der Waals surface area contributed by atoms with Crippen molar-refractivity contribution in [3.05, 3.63) is 77.9 Å². The smallest absolute Gasteiger partial charge is 0.416 e. The summed E-state index contributed by atoms with van der Waals surface area (Å²) in [6, 6.07) is 11.9. The van der Waals surface area contributed by atoms with E-state index in [2.05, 4.69) is 9.97 Å². The van der Waals surface area contributed by atoms with Crippen molar-refractivity contribution in [2.75, 3.05) is 13.2 Å². The fraction of sp³-hybridized carbons (Fsp3) is 0.238. The van der Waals surface area contributed by atoms with Crippen molar-refractivity contribution in [3.63, 3.8) is 0 Å². The molecule has 1 aromatic heterocycles. The molecule has 2 heterocycles. The van der Waals surface area contributed by atoms with Gasteiger partial charge in [-0.25, -0.2) is 9.97 Å². The van der Waals surface area contributed by atoms with Gasteiger partial charge in [0.15, 0.2) is 0 Å². The van der Waals surface area contributed by atoms with E-state index in [1.54, 1.807) is 41.6 Å². The molecular formula is C21H18F3N3O2. The molecular weight excluding hydrogens is 383 g/mol. The number of halogens is 3. The summed E-state index contributed by atoms with van der Waals surface area (Å²) >= 11 is 0. The van der Waals surface area contributed by atoms with Crippen molar-refractivity contribution in [3.8, 4) is 16.9 Å². The van der Waals surface area contributed by atoms with Crippen molar-refractivity contribution in [1.82, 2.24) is 14.9 Å². The highest BCUT2D eigenvalue weighted by Gasteiger charge is 2.30. The van der Waals surface area contributed by atoms with Crippen molar-refractivity contribution in [2.24, 2.45) is 0 Å². The van der Waals surface area contributed by atoms with Crippen molar-refractivity contribution < 1.29 is 23.0 Å². The zero-order valence-electron chi connectivity index (χ0n) is 15.3. The molecule has 0 spiro atoms. The van der Waals surface area contributed by atoms with E-state index in [4.69, 9.17) is 4.74 Å². The number of aromatic nitrogens is 2. The Morgan fingerprint density at radius 1 is 1.03 bits per heavy atom. The average molecular weight is 401 g/mol. The predicted octanol–water partition coefficient (Wildman–Crippen LogP) is 4.05. The molecule has 0 radical (unpaired) electrons. The summed E-state index contributed by atoms with van der Waals surface area (Å²) in [5, 5.41) is 10.8. The van der Waals surface area contributed by atoms with Crippen molar-refractivity contribution in [1.29, 1.82) is 0 Å². The monoisotopic (exact) mass is 401 g/mol. The van der Waals surface area contributed by atoms with E-state index in [9.17, 15) is 18.3 Å². The maximum Gasteiger partial charge on any atom is 0.416 e. The average Bonchev–Trinajstić information content (AvgIpc) is 2.87. The molecule has 150 valence electrons. The Hall–Kier alpha value is -2.97. The minimum atomic E-state index is -4.37. The molecule has 5 nitrogen and oxygen atoms in total. The summed E-state index contributed by atoms with van der Waals surface area (Å²) in [7, 11) is 0. The Labute approximate surface area is 165 Å². The van der Waals surface area contributed by atoms with Crippen LogP contribution in [0.25, 0.3) is 11.1 Å². The van der Waals surface area contributed by atoms with Crippen LogP contribution in [0.5, 0.6) is 5.75 Å². The molecule has 1 N–H and O–H groups in total. The number of fused-ring (bicyclic) bond motifs is 1. The fourth-order valence-electron chi connectivity index (χ4n) is 3.25. The third kappa shape index (κ3) is 4.23. The van der Waals surface area contributed by atoms with Crippen LogP contribution in [0.1, 0.15) is 23.2 Å². The molecule has 1 atom stereocenters. The van der Waals surface area contributed by atoms with E-state index in [0.29, 0.717) is 48.0 Å². The van der Waals surface area contributed by atoms with Gasteiger partial charge in [-0.15, -0.1) is 0 Å². The molecule has 1 unspecified atom stereocenters. The van der Waals surface area contributed by atoms with Gasteiger partial charge in [0, 0.05) is 24.5 Å². The second-order valence-electron chi connectivity index (χ2n) is 6.69. The predicted molar refractivity (Wildman–Crippen MR) is 99.8 cm³/mol. The van der Waals surface area contributed by atoms with E-state index >= 15 is 0 Å². The largest absolute Gasteiger partial charge is 0.492 e. The molecule has 29 heavy (non-hydrogen) atoms.